The van der Waals surface area contributed by atoms with Crippen molar-refractivity contribution in [2.75, 3.05) is 11.5 Å². The summed E-state index contributed by atoms with van der Waals surface area (Å²) in [6, 6.07) is 6.75. The number of oxime groups is 1. The van der Waals surface area contributed by atoms with Crippen LogP contribution in [0, 0.1) is 3.57 Å². The van der Waals surface area contributed by atoms with Gasteiger partial charge in [-0.1, -0.05) is 29.1 Å². The fourth-order valence-corrected chi connectivity index (χ4v) is 8.02. The van der Waals surface area contributed by atoms with Crippen LogP contribution in [0.25, 0.3) is 0 Å². The number of thiazole rings is 1. The molecule has 2 aliphatic heterocycles. The van der Waals surface area contributed by atoms with Crippen LogP contribution in [0.4, 0.5) is 5.13 Å². The highest BCUT2D eigenvalue weighted by atomic mass is 127. The minimum absolute atomic E-state index is 0.0466. The standard InChI is InChI=1S/C23H22IN5O5S3/c24-12-7-3-4-8-14(12)37-15-10-35-21-17(20(31)29(21)18(15)22(32)33)27-19(30)16(13-9-36-23(25)26-13)28-34-11-5-1-2-6-11/h3-4,7-9,11,17,21H,1-2,5-6,10H2,(H2,25,26)(H,27,30)(H,32,33)/b28-16-/t17-,21-/m1/s1. The van der Waals surface area contributed by atoms with E-state index >= 15 is 0 Å². The zero-order valence-electron chi connectivity index (χ0n) is 19.3. The molecule has 0 bridgehead atoms. The van der Waals surface area contributed by atoms with E-state index < -0.39 is 29.2 Å². The number of nitrogens with two attached hydrogens (primary N) is 1. The molecule has 2 amide bonds. The van der Waals surface area contributed by atoms with Crippen molar-refractivity contribution >= 4 is 86.1 Å². The number of anilines is 1. The monoisotopic (exact) mass is 671 g/mol. The molecule has 14 heteroatoms. The van der Waals surface area contributed by atoms with Crippen LogP contribution in [0.3, 0.4) is 0 Å². The number of carboxylic acid groups (broad SMARTS) is 1. The van der Waals surface area contributed by atoms with Crippen molar-refractivity contribution in [3.63, 3.8) is 0 Å². The molecule has 0 unspecified atom stereocenters. The van der Waals surface area contributed by atoms with Crippen LogP contribution in [0.5, 0.6) is 0 Å². The Morgan fingerprint density at radius 2 is 2.05 bits per heavy atom. The normalized spacial score (nSPS) is 22.0. The number of thioether (sulfide) groups is 2. The SMILES string of the molecule is Nc1nc(/C(=N/OC2CCCC2)C(=O)N[C@@H]2C(=O)N3C(C(=O)O)=C(Sc4ccccc4I)CS[C@H]23)cs1. The van der Waals surface area contributed by atoms with Gasteiger partial charge < -0.3 is 21.0 Å². The number of rotatable bonds is 8. The second-order valence-electron chi connectivity index (χ2n) is 8.49. The number of aliphatic carboxylic acids is 1. The number of hydrogen-bond acceptors (Lipinski definition) is 10. The molecule has 5 rings (SSSR count). The van der Waals surface area contributed by atoms with E-state index in [2.05, 4.69) is 38.0 Å². The lowest BCUT2D eigenvalue weighted by atomic mass is 10.0. The highest BCUT2D eigenvalue weighted by Crippen LogP contribution is 2.45. The third-order valence-electron chi connectivity index (χ3n) is 6.07. The maximum Gasteiger partial charge on any atom is 0.353 e. The van der Waals surface area contributed by atoms with E-state index in [0.29, 0.717) is 10.7 Å². The number of carbonyl (C=O) groups is 3. The molecule has 1 aromatic carbocycles. The Kier molecular flexibility index (Phi) is 7.97. The van der Waals surface area contributed by atoms with E-state index in [9.17, 15) is 19.5 Å². The van der Waals surface area contributed by atoms with Gasteiger partial charge in [-0.2, -0.15) is 0 Å². The second-order valence-corrected chi connectivity index (χ2v) is 12.8. The summed E-state index contributed by atoms with van der Waals surface area (Å²) in [7, 11) is 0. The van der Waals surface area contributed by atoms with E-state index in [1.165, 1.54) is 39.8 Å². The first-order chi connectivity index (χ1) is 17.8. The van der Waals surface area contributed by atoms with E-state index in [0.717, 1.165) is 34.1 Å². The van der Waals surface area contributed by atoms with Crippen molar-refractivity contribution in [3.8, 4) is 0 Å². The molecule has 1 aromatic heterocycles. The van der Waals surface area contributed by atoms with Gasteiger partial charge in [0.15, 0.2) is 10.8 Å². The van der Waals surface area contributed by atoms with Crippen LogP contribution >= 0.6 is 57.5 Å². The van der Waals surface area contributed by atoms with Gasteiger partial charge in [-0.05, 0) is 60.4 Å². The van der Waals surface area contributed by atoms with Gasteiger partial charge in [0.05, 0.1) is 0 Å². The molecular weight excluding hydrogens is 649 g/mol. The topological polar surface area (TPSA) is 147 Å². The molecule has 2 atom stereocenters. The maximum atomic E-state index is 13.2. The Labute approximate surface area is 238 Å². The van der Waals surface area contributed by atoms with Gasteiger partial charge in [-0.15, -0.1) is 23.1 Å². The number of nitrogen functional groups attached to an aromatic ring is 1. The molecule has 2 fully saturated rings. The molecule has 1 aliphatic carbocycles. The molecule has 0 radical (unpaired) electrons. The fourth-order valence-electron chi connectivity index (χ4n) is 4.26. The van der Waals surface area contributed by atoms with E-state index in [1.54, 1.807) is 5.38 Å². The van der Waals surface area contributed by atoms with Gasteiger partial charge in [-0.25, -0.2) is 9.78 Å². The number of nitrogens with one attached hydrogen (secondary N) is 1. The van der Waals surface area contributed by atoms with Crippen LogP contribution in [-0.4, -0.2) is 61.8 Å². The molecular formula is C23H22IN5O5S3. The number of β-lactam (4-membered cyclic amide) rings is 1. The summed E-state index contributed by atoms with van der Waals surface area (Å²) < 4.78 is 0.990. The molecule has 1 saturated heterocycles. The molecule has 10 nitrogen and oxygen atoms in total. The largest absolute Gasteiger partial charge is 0.477 e. The Bertz CT molecular complexity index is 1310. The Balaban J connectivity index is 1.34. The average molecular weight is 672 g/mol. The Hall–Kier alpha value is -2.30. The number of fused-ring (bicyclic) bond motifs is 1. The van der Waals surface area contributed by atoms with Crippen molar-refractivity contribution < 1.29 is 24.3 Å². The third-order valence-corrected chi connectivity index (χ3v) is 10.7. The van der Waals surface area contributed by atoms with Crippen LogP contribution in [-0.2, 0) is 19.2 Å². The molecule has 1 saturated carbocycles. The van der Waals surface area contributed by atoms with Crippen LogP contribution in [0.2, 0.25) is 0 Å². The lowest BCUT2D eigenvalue weighted by Gasteiger charge is -2.49. The minimum Gasteiger partial charge on any atom is -0.477 e. The number of benzene rings is 1. The highest BCUT2D eigenvalue weighted by Gasteiger charge is 2.54. The molecule has 4 N–H and O–H groups in total. The van der Waals surface area contributed by atoms with Gasteiger partial charge in [0.2, 0.25) is 0 Å². The fraction of sp³-hybridized carbons (Fsp3) is 0.348. The van der Waals surface area contributed by atoms with Crippen molar-refractivity contribution in [1.82, 2.24) is 15.2 Å². The van der Waals surface area contributed by atoms with E-state index in [-0.39, 0.29) is 28.3 Å². The smallest absolute Gasteiger partial charge is 0.353 e. The van der Waals surface area contributed by atoms with Gasteiger partial charge >= 0.3 is 5.97 Å². The van der Waals surface area contributed by atoms with Gasteiger partial charge in [0.1, 0.15) is 28.9 Å². The lowest BCUT2D eigenvalue weighted by molar-refractivity contribution is -0.150. The quantitative estimate of drug-likeness (QED) is 0.166. The number of nitrogens with zero attached hydrogens (tertiary/aromatic N) is 3. The Morgan fingerprint density at radius 1 is 1.30 bits per heavy atom. The summed E-state index contributed by atoms with van der Waals surface area (Å²) in [6.07, 6.45) is 3.73. The summed E-state index contributed by atoms with van der Waals surface area (Å²) in [5.74, 6) is -1.90. The van der Waals surface area contributed by atoms with Crippen molar-refractivity contribution in [3.05, 3.63) is 49.5 Å². The number of hydrogen-bond donors (Lipinski definition) is 3. The summed E-state index contributed by atoms with van der Waals surface area (Å²) in [4.78, 5) is 51.1. The van der Waals surface area contributed by atoms with Crippen molar-refractivity contribution in [1.29, 1.82) is 0 Å². The summed E-state index contributed by atoms with van der Waals surface area (Å²) in [5.41, 5.74) is 5.91. The minimum atomic E-state index is -1.18. The summed E-state index contributed by atoms with van der Waals surface area (Å²) >= 11 is 6.11. The van der Waals surface area contributed by atoms with Crippen LogP contribution in [0.15, 0.2) is 50.3 Å². The maximum absolute atomic E-state index is 13.2. The van der Waals surface area contributed by atoms with Crippen LogP contribution in [0.1, 0.15) is 31.4 Å². The number of carbonyl (C=O) groups excluding carboxylic acids is 2. The summed E-state index contributed by atoms with van der Waals surface area (Å²) in [5, 5.41) is 18.1. The average Bonchev–Trinajstić information content (AvgIpc) is 3.55. The first-order valence-corrected chi connectivity index (χ1v) is 15.3. The number of carboxylic acids is 1. The van der Waals surface area contributed by atoms with Crippen molar-refractivity contribution in [2.45, 2.75) is 48.1 Å². The zero-order chi connectivity index (χ0) is 26.1. The van der Waals surface area contributed by atoms with Crippen molar-refractivity contribution in [2.24, 2.45) is 5.16 Å². The third kappa shape index (κ3) is 5.47. The second kappa shape index (κ2) is 11.2. The van der Waals surface area contributed by atoms with E-state index in [1.807, 2.05) is 24.3 Å². The number of amides is 2. The van der Waals surface area contributed by atoms with Gasteiger partial charge in [0.25, 0.3) is 11.8 Å². The van der Waals surface area contributed by atoms with Gasteiger partial charge in [0, 0.05) is 24.5 Å². The predicted octanol–water partition coefficient (Wildman–Crippen LogP) is 3.48. The number of halogens is 1. The molecule has 2 aromatic rings. The lowest BCUT2D eigenvalue weighted by Crippen LogP contribution is -2.71. The Morgan fingerprint density at radius 3 is 2.73 bits per heavy atom. The van der Waals surface area contributed by atoms with E-state index in [4.69, 9.17) is 10.6 Å². The molecule has 37 heavy (non-hydrogen) atoms. The van der Waals surface area contributed by atoms with Crippen LogP contribution < -0.4 is 11.1 Å². The zero-order valence-corrected chi connectivity index (χ0v) is 23.9. The molecule has 3 aliphatic rings. The number of aromatic nitrogens is 1. The summed E-state index contributed by atoms with van der Waals surface area (Å²) in [6.45, 7) is 0. The first-order valence-electron chi connectivity index (χ1n) is 11.4. The van der Waals surface area contributed by atoms with Gasteiger partial charge in [-0.3, -0.25) is 14.5 Å². The molecule has 0 spiro atoms. The molecule has 3 heterocycles. The first kappa shape index (κ1) is 26.3. The predicted molar refractivity (Wildman–Crippen MR) is 151 cm³/mol. The molecule has 194 valence electrons. The highest BCUT2D eigenvalue weighted by molar-refractivity contribution is 14.1.